The third-order valence-electron chi connectivity index (χ3n) is 1.12. The first-order chi connectivity index (χ1) is 5.33. The quantitative estimate of drug-likeness (QED) is 0.583. The molecular formula is C9H16N2. The van der Waals surface area contributed by atoms with Gasteiger partial charge < -0.3 is 0 Å². The molecule has 2 nitrogen and oxygen atoms in total. The summed E-state index contributed by atoms with van der Waals surface area (Å²) >= 11 is 0. The van der Waals surface area contributed by atoms with Gasteiger partial charge in [-0.2, -0.15) is 10.5 Å². The molecule has 0 saturated carbocycles. The maximum atomic E-state index is 7.59. The summed E-state index contributed by atoms with van der Waals surface area (Å²) in [6, 6.07) is 3.31. The molecule has 0 atom stereocenters. The highest BCUT2D eigenvalue weighted by molar-refractivity contribution is 4.85. The Morgan fingerprint density at radius 3 is 1.36 bits per heavy atom. The van der Waals surface area contributed by atoms with Gasteiger partial charge in [-0.25, -0.2) is 0 Å². The van der Waals surface area contributed by atoms with Gasteiger partial charge in [-0.05, 0) is 0 Å². The third kappa shape index (κ3) is 27.6. The molecule has 0 bridgehead atoms. The number of hydrogen-bond acceptors (Lipinski definition) is 2. The average molecular weight is 152 g/mol. The Kier molecular flexibility index (Phi) is 18.4. The van der Waals surface area contributed by atoms with E-state index in [1.165, 1.54) is 25.7 Å². The van der Waals surface area contributed by atoms with Gasteiger partial charge in [0, 0.05) is 0 Å². The standard InChI is InChI=1S/C6H14.C3H2N2/c1-3-5-6-4-2;4-2-1-3-5/h3-6H2,1-2H3;1H2. The van der Waals surface area contributed by atoms with Gasteiger partial charge in [0.1, 0.15) is 6.42 Å². The first kappa shape index (κ1) is 12.6. The molecule has 0 heterocycles. The van der Waals surface area contributed by atoms with Gasteiger partial charge >= 0.3 is 0 Å². The Labute approximate surface area is 69.4 Å². The largest absolute Gasteiger partial charge is 0.197 e. The number of nitrogens with zero attached hydrogens (tertiary/aromatic N) is 2. The molecular weight excluding hydrogens is 136 g/mol. The van der Waals surface area contributed by atoms with Crippen LogP contribution in [0.5, 0.6) is 0 Å². The zero-order valence-electron chi connectivity index (χ0n) is 7.43. The van der Waals surface area contributed by atoms with Crippen molar-refractivity contribution in [2.75, 3.05) is 0 Å². The highest BCUT2D eigenvalue weighted by Crippen LogP contribution is 1.95. The average Bonchev–Trinajstić information content (AvgIpc) is 2.04. The minimum Gasteiger partial charge on any atom is -0.197 e. The third-order valence-corrected chi connectivity index (χ3v) is 1.12. The van der Waals surface area contributed by atoms with Gasteiger partial charge in [0.15, 0.2) is 0 Å². The molecule has 0 saturated heterocycles. The summed E-state index contributed by atoms with van der Waals surface area (Å²) in [7, 11) is 0. The molecule has 0 spiro atoms. The van der Waals surface area contributed by atoms with Crippen LogP contribution in [-0.2, 0) is 0 Å². The van der Waals surface area contributed by atoms with E-state index >= 15 is 0 Å². The fraction of sp³-hybridized carbons (Fsp3) is 0.778. The van der Waals surface area contributed by atoms with Gasteiger partial charge in [0.05, 0.1) is 12.1 Å². The summed E-state index contributed by atoms with van der Waals surface area (Å²) < 4.78 is 0. The van der Waals surface area contributed by atoms with E-state index in [2.05, 4.69) is 13.8 Å². The topological polar surface area (TPSA) is 47.6 Å². The molecule has 0 unspecified atom stereocenters. The summed E-state index contributed by atoms with van der Waals surface area (Å²) in [5.74, 6) is 0. The van der Waals surface area contributed by atoms with Crippen LogP contribution >= 0.6 is 0 Å². The summed E-state index contributed by atoms with van der Waals surface area (Å²) in [5.41, 5.74) is 0. The Bertz CT molecular complexity index is 111. The van der Waals surface area contributed by atoms with Crippen LogP contribution in [0.2, 0.25) is 0 Å². The van der Waals surface area contributed by atoms with Crippen LogP contribution < -0.4 is 0 Å². The van der Waals surface area contributed by atoms with Crippen LogP contribution in [0.3, 0.4) is 0 Å². The Hall–Kier alpha value is -1.02. The lowest BCUT2D eigenvalue weighted by atomic mass is 10.2. The van der Waals surface area contributed by atoms with E-state index in [4.69, 9.17) is 10.5 Å². The van der Waals surface area contributed by atoms with Crippen LogP contribution in [0.15, 0.2) is 0 Å². The van der Waals surface area contributed by atoms with E-state index < -0.39 is 0 Å². The molecule has 0 aliphatic heterocycles. The minimum absolute atomic E-state index is 0. The molecule has 0 aromatic carbocycles. The number of unbranched alkanes of at least 4 members (excludes halogenated alkanes) is 3. The van der Waals surface area contributed by atoms with Crippen molar-refractivity contribution in [1.29, 1.82) is 10.5 Å². The summed E-state index contributed by atoms with van der Waals surface area (Å²) in [6.45, 7) is 4.46. The summed E-state index contributed by atoms with van der Waals surface area (Å²) in [6.07, 6.45) is 5.54. The molecule has 0 amide bonds. The van der Waals surface area contributed by atoms with E-state index in [0.29, 0.717) is 0 Å². The molecule has 0 radical (unpaired) electrons. The predicted molar refractivity (Wildman–Crippen MR) is 45.7 cm³/mol. The fourth-order valence-corrected chi connectivity index (χ4v) is 0.535. The zero-order valence-corrected chi connectivity index (χ0v) is 7.43. The van der Waals surface area contributed by atoms with Crippen molar-refractivity contribution >= 4 is 0 Å². The predicted octanol–water partition coefficient (Wildman–Crippen LogP) is 3.01. The van der Waals surface area contributed by atoms with Gasteiger partial charge in [-0.15, -0.1) is 0 Å². The first-order valence-corrected chi connectivity index (χ1v) is 4.07. The van der Waals surface area contributed by atoms with Crippen molar-refractivity contribution in [2.45, 2.75) is 46.0 Å². The second kappa shape index (κ2) is 16.0. The van der Waals surface area contributed by atoms with E-state index in [1.54, 1.807) is 12.1 Å². The van der Waals surface area contributed by atoms with Crippen LogP contribution in [0, 0.1) is 22.7 Å². The molecule has 0 aromatic heterocycles. The van der Waals surface area contributed by atoms with Crippen molar-refractivity contribution < 1.29 is 0 Å². The summed E-state index contributed by atoms with van der Waals surface area (Å²) in [5, 5.41) is 15.2. The van der Waals surface area contributed by atoms with Crippen molar-refractivity contribution in [3.63, 3.8) is 0 Å². The van der Waals surface area contributed by atoms with Gasteiger partial charge in [-0.3, -0.25) is 0 Å². The first-order valence-electron chi connectivity index (χ1n) is 4.07. The number of rotatable bonds is 3. The highest BCUT2D eigenvalue weighted by atomic mass is 14.3. The maximum absolute atomic E-state index is 7.59. The van der Waals surface area contributed by atoms with Gasteiger partial charge in [0.2, 0.25) is 0 Å². The van der Waals surface area contributed by atoms with Gasteiger partial charge in [0.25, 0.3) is 0 Å². The molecule has 0 aliphatic rings. The normalized spacial score (nSPS) is 6.91. The molecule has 0 fully saturated rings. The lowest BCUT2D eigenvalue weighted by Gasteiger charge is -1.86. The van der Waals surface area contributed by atoms with Crippen LogP contribution in [0.4, 0.5) is 0 Å². The number of hydrogen-bond donors (Lipinski definition) is 0. The monoisotopic (exact) mass is 152 g/mol. The van der Waals surface area contributed by atoms with Crippen LogP contribution in [0.25, 0.3) is 0 Å². The highest BCUT2D eigenvalue weighted by Gasteiger charge is 1.75. The maximum Gasteiger partial charge on any atom is 0.122 e. The smallest absolute Gasteiger partial charge is 0.122 e. The SMILES string of the molecule is CCCCCC.N#CCC#N. The van der Waals surface area contributed by atoms with E-state index in [1.807, 2.05) is 0 Å². The molecule has 0 aromatic rings. The minimum atomic E-state index is 0. The molecule has 0 rings (SSSR count). The Morgan fingerprint density at radius 2 is 1.27 bits per heavy atom. The van der Waals surface area contributed by atoms with E-state index in [9.17, 15) is 0 Å². The van der Waals surface area contributed by atoms with E-state index in [-0.39, 0.29) is 6.42 Å². The molecule has 62 valence electrons. The van der Waals surface area contributed by atoms with E-state index in [0.717, 1.165) is 0 Å². The molecule has 0 N–H and O–H groups in total. The van der Waals surface area contributed by atoms with Crippen LogP contribution in [0.1, 0.15) is 46.0 Å². The van der Waals surface area contributed by atoms with Gasteiger partial charge in [-0.1, -0.05) is 39.5 Å². The van der Waals surface area contributed by atoms with Crippen molar-refractivity contribution in [2.24, 2.45) is 0 Å². The fourth-order valence-electron chi connectivity index (χ4n) is 0.535. The lowest BCUT2D eigenvalue weighted by Crippen LogP contribution is -1.66. The van der Waals surface area contributed by atoms with Crippen molar-refractivity contribution in [1.82, 2.24) is 0 Å². The second-order valence-corrected chi connectivity index (χ2v) is 2.20. The molecule has 11 heavy (non-hydrogen) atoms. The zero-order chi connectivity index (χ0) is 8.95. The van der Waals surface area contributed by atoms with Crippen LogP contribution in [-0.4, -0.2) is 0 Å². The number of nitriles is 2. The molecule has 0 aliphatic carbocycles. The Morgan fingerprint density at radius 1 is 0.909 bits per heavy atom. The van der Waals surface area contributed by atoms with Crippen molar-refractivity contribution in [3.05, 3.63) is 0 Å². The Balaban J connectivity index is 0. The molecule has 2 heteroatoms. The van der Waals surface area contributed by atoms with Crippen molar-refractivity contribution in [3.8, 4) is 12.1 Å². The lowest BCUT2D eigenvalue weighted by molar-refractivity contribution is 0.702. The second-order valence-electron chi connectivity index (χ2n) is 2.20. The summed E-state index contributed by atoms with van der Waals surface area (Å²) in [4.78, 5) is 0.